The van der Waals surface area contributed by atoms with Gasteiger partial charge in [-0.3, -0.25) is 9.59 Å². The van der Waals surface area contributed by atoms with Crippen molar-refractivity contribution in [2.24, 2.45) is 0 Å². The number of carbonyl (C=O) groups excluding carboxylic acids is 2. The number of halogens is 1. The van der Waals surface area contributed by atoms with Crippen molar-refractivity contribution in [3.05, 3.63) is 70.3 Å². The van der Waals surface area contributed by atoms with Crippen molar-refractivity contribution in [2.45, 2.75) is 13.0 Å². The monoisotopic (exact) mass is 341 g/mol. The summed E-state index contributed by atoms with van der Waals surface area (Å²) in [5, 5.41) is 0.538. The number of rotatable bonds is 3. The molecule has 5 heteroatoms. The molecule has 24 heavy (non-hydrogen) atoms. The zero-order valence-electron chi connectivity index (χ0n) is 13.3. The SMILES string of the molecule is COC1C(=O)N(c2ccc(Cl)cc2)C(=O)/C1=C/c1ccc(C)cc1. The van der Waals surface area contributed by atoms with E-state index in [9.17, 15) is 9.59 Å². The smallest absolute Gasteiger partial charge is 0.267 e. The number of methoxy groups -OCH3 is 1. The van der Waals surface area contributed by atoms with Crippen molar-refractivity contribution in [2.75, 3.05) is 12.0 Å². The van der Waals surface area contributed by atoms with Gasteiger partial charge in [0.2, 0.25) is 0 Å². The van der Waals surface area contributed by atoms with Crippen LogP contribution in [0.2, 0.25) is 5.02 Å². The van der Waals surface area contributed by atoms with E-state index < -0.39 is 12.0 Å². The molecule has 2 amide bonds. The van der Waals surface area contributed by atoms with Gasteiger partial charge in [0.1, 0.15) is 0 Å². The molecule has 1 atom stereocenters. The fraction of sp³-hybridized carbons (Fsp3) is 0.158. The highest BCUT2D eigenvalue weighted by atomic mass is 35.5. The lowest BCUT2D eigenvalue weighted by molar-refractivity contribution is -0.125. The van der Waals surface area contributed by atoms with Gasteiger partial charge < -0.3 is 4.74 Å². The van der Waals surface area contributed by atoms with Crippen LogP contribution >= 0.6 is 11.6 Å². The summed E-state index contributed by atoms with van der Waals surface area (Å²) < 4.78 is 5.27. The van der Waals surface area contributed by atoms with Crippen molar-refractivity contribution in [3.8, 4) is 0 Å². The van der Waals surface area contributed by atoms with Crippen LogP contribution in [-0.2, 0) is 14.3 Å². The van der Waals surface area contributed by atoms with E-state index in [1.807, 2.05) is 31.2 Å². The normalized spacial score (nSPS) is 19.4. The van der Waals surface area contributed by atoms with Gasteiger partial charge in [0.25, 0.3) is 11.8 Å². The average molecular weight is 342 g/mol. The molecule has 0 aromatic heterocycles. The Labute approximate surface area is 145 Å². The number of ether oxygens (including phenoxy) is 1. The first-order chi connectivity index (χ1) is 11.5. The molecule has 3 rings (SSSR count). The van der Waals surface area contributed by atoms with Crippen molar-refractivity contribution in [3.63, 3.8) is 0 Å². The second-order valence-corrected chi connectivity index (χ2v) is 6.02. The highest BCUT2D eigenvalue weighted by Gasteiger charge is 2.44. The molecule has 0 bridgehead atoms. The minimum atomic E-state index is -0.908. The number of imide groups is 1. The maximum Gasteiger partial charge on any atom is 0.267 e. The van der Waals surface area contributed by atoms with Crippen molar-refractivity contribution < 1.29 is 14.3 Å². The second kappa shape index (κ2) is 6.59. The molecule has 1 heterocycles. The summed E-state index contributed by atoms with van der Waals surface area (Å²) in [4.78, 5) is 26.5. The third kappa shape index (κ3) is 2.98. The summed E-state index contributed by atoms with van der Waals surface area (Å²) in [5.74, 6) is -0.780. The van der Waals surface area contributed by atoms with Crippen LogP contribution in [0, 0.1) is 6.92 Å². The molecule has 0 N–H and O–H groups in total. The Kier molecular flexibility index (Phi) is 4.51. The third-order valence-corrected chi connectivity index (χ3v) is 4.15. The van der Waals surface area contributed by atoms with Gasteiger partial charge in [0.05, 0.1) is 11.3 Å². The number of carbonyl (C=O) groups is 2. The van der Waals surface area contributed by atoms with Crippen LogP contribution in [0.15, 0.2) is 54.1 Å². The number of nitrogens with zero attached hydrogens (tertiary/aromatic N) is 1. The Morgan fingerprint density at radius 2 is 1.67 bits per heavy atom. The summed E-state index contributed by atoms with van der Waals surface area (Å²) >= 11 is 5.87. The van der Waals surface area contributed by atoms with Crippen LogP contribution in [0.3, 0.4) is 0 Å². The van der Waals surface area contributed by atoms with Gasteiger partial charge in [-0.1, -0.05) is 41.4 Å². The minimum Gasteiger partial charge on any atom is -0.367 e. The predicted octanol–water partition coefficient (Wildman–Crippen LogP) is 3.62. The molecule has 0 radical (unpaired) electrons. The summed E-state index contributed by atoms with van der Waals surface area (Å²) in [6, 6.07) is 14.3. The number of amides is 2. The molecule has 1 aliphatic rings. The first-order valence-corrected chi connectivity index (χ1v) is 7.84. The number of anilines is 1. The Morgan fingerprint density at radius 3 is 2.25 bits per heavy atom. The van der Waals surface area contributed by atoms with E-state index >= 15 is 0 Å². The van der Waals surface area contributed by atoms with Gasteiger partial charge in [0.15, 0.2) is 6.10 Å². The number of benzene rings is 2. The molecular formula is C19H16ClNO3. The average Bonchev–Trinajstić information content (AvgIpc) is 2.81. The fourth-order valence-electron chi connectivity index (χ4n) is 2.63. The van der Waals surface area contributed by atoms with Gasteiger partial charge in [-0.25, -0.2) is 4.90 Å². The number of hydrogen-bond donors (Lipinski definition) is 0. The van der Waals surface area contributed by atoms with E-state index in [1.165, 1.54) is 7.11 Å². The van der Waals surface area contributed by atoms with Crippen LogP contribution in [0.25, 0.3) is 6.08 Å². The molecular weight excluding hydrogens is 326 g/mol. The molecule has 1 aliphatic heterocycles. The lowest BCUT2D eigenvalue weighted by Crippen LogP contribution is -2.32. The molecule has 1 unspecified atom stereocenters. The maximum atomic E-state index is 12.8. The summed E-state index contributed by atoms with van der Waals surface area (Å²) in [6.45, 7) is 1.99. The highest BCUT2D eigenvalue weighted by Crippen LogP contribution is 2.30. The van der Waals surface area contributed by atoms with Crippen molar-refractivity contribution in [1.82, 2.24) is 0 Å². The lowest BCUT2D eigenvalue weighted by atomic mass is 10.1. The first kappa shape index (κ1) is 16.4. The second-order valence-electron chi connectivity index (χ2n) is 5.58. The molecule has 0 saturated carbocycles. The molecule has 4 nitrogen and oxygen atoms in total. The lowest BCUT2D eigenvalue weighted by Gasteiger charge is -2.13. The van der Waals surface area contributed by atoms with Crippen LogP contribution < -0.4 is 4.90 Å². The van der Waals surface area contributed by atoms with Gasteiger partial charge in [-0.2, -0.15) is 0 Å². The Morgan fingerprint density at radius 1 is 1.04 bits per heavy atom. The van der Waals surface area contributed by atoms with Crippen LogP contribution in [0.4, 0.5) is 5.69 Å². The molecule has 0 aliphatic carbocycles. The van der Waals surface area contributed by atoms with E-state index in [1.54, 1.807) is 30.3 Å². The summed E-state index contributed by atoms with van der Waals surface area (Å²) in [5.41, 5.74) is 2.76. The highest BCUT2D eigenvalue weighted by molar-refractivity contribution is 6.32. The van der Waals surface area contributed by atoms with E-state index in [4.69, 9.17) is 16.3 Å². The number of hydrogen-bond acceptors (Lipinski definition) is 3. The van der Waals surface area contributed by atoms with Gasteiger partial charge in [0, 0.05) is 12.1 Å². The molecule has 2 aromatic rings. The third-order valence-electron chi connectivity index (χ3n) is 3.90. The summed E-state index contributed by atoms with van der Waals surface area (Å²) in [7, 11) is 1.42. The Balaban J connectivity index is 2.01. The van der Waals surface area contributed by atoms with Crippen molar-refractivity contribution >= 4 is 35.2 Å². The van der Waals surface area contributed by atoms with Crippen LogP contribution in [-0.4, -0.2) is 25.0 Å². The molecule has 122 valence electrons. The first-order valence-electron chi connectivity index (χ1n) is 7.46. The quantitative estimate of drug-likeness (QED) is 0.632. The fourth-order valence-corrected chi connectivity index (χ4v) is 2.76. The summed E-state index contributed by atoms with van der Waals surface area (Å²) in [6.07, 6.45) is 0.790. The standard InChI is InChI=1S/C19H16ClNO3/c1-12-3-5-13(6-4-12)11-16-17(24-2)19(23)21(18(16)22)15-9-7-14(20)8-10-15/h3-11,17H,1-2H3/b16-11+. The zero-order chi connectivity index (χ0) is 17.3. The largest absolute Gasteiger partial charge is 0.367 e. The molecule has 1 fully saturated rings. The minimum absolute atomic E-state index is 0.321. The Hall–Kier alpha value is -2.43. The van der Waals surface area contributed by atoms with E-state index in [2.05, 4.69) is 0 Å². The van der Waals surface area contributed by atoms with Gasteiger partial charge in [-0.05, 0) is 42.8 Å². The number of aryl methyl sites for hydroxylation is 1. The molecule has 1 saturated heterocycles. The van der Waals surface area contributed by atoms with E-state index in [-0.39, 0.29) is 5.91 Å². The Bertz CT molecular complexity index is 810. The topological polar surface area (TPSA) is 46.6 Å². The van der Waals surface area contributed by atoms with E-state index in [0.717, 1.165) is 16.0 Å². The van der Waals surface area contributed by atoms with Crippen molar-refractivity contribution in [1.29, 1.82) is 0 Å². The predicted molar refractivity (Wildman–Crippen MR) is 93.9 cm³/mol. The van der Waals surface area contributed by atoms with Crippen LogP contribution in [0.5, 0.6) is 0 Å². The zero-order valence-corrected chi connectivity index (χ0v) is 14.1. The maximum absolute atomic E-state index is 12.8. The van der Waals surface area contributed by atoms with Gasteiger partial charge >= 0.3 is 0 Å². The van der Waals surface area contributed by atoms with Gasteiger partial charge in [-0.15, -0.1) is 0 Å². The molecule has 0 spiro atoms. The van der Waals surface area contributed by atoms with Crippen LogP contribution in [0.1, 0.15) is 11.1 Å². The molecule has 2 aromatic carbocycles. The van der Waals surface area contributed by atoms with E-state index in [0.29, 0.717) is 16.3 Å².